The molecule has 1 heterocycles. The van der Waals surface area contributed by atoms with E-state index in [4.69, 9.17) is 14.4 Å². The predicted molar refractivity (Wildman–Crippen MR) is 86.7 cm³/mol. The molecule has 23 heavy (non-hydrogen) atoms. The lowest BCUT2D eigenvalue weighted by Crippen LogP contribution is -2.27. The summed E-state index contributed by atoms with van der Waals surface area (Å²) in [5.74, 6) is 1.27. The molecule has 0 aliphatic heterocycles. The number of aliphatic hydroxyl groups excluding tert-OH is 1. The monoisotopic (exact) mass is 314 g/mol. The van der Waals surface area contributed by atoms with Crippen LogP contribution in [-0.4, -0.2) is 17.3 Å². The normalized spacial score (nSPS) is 14.7. The second kappa shape index (κ2) is 8.37. The van der Waals surface area contributed by atoms with Gasteiger partial charge in [-0.25, -0.2) is 0 Å². The topological polar surface area (TPSA) is 78.4 Å². The third kappa shape index (κ3) is 5.44. The maximum Gasteiger partial charge on any atom is 0.181 e. The first kappa shape index (κ1) is 17.1. The number of benzene rings is 1. The summed E-state index contributed by atoms with van der Waals surface area (Å²) in [5, 5.41) is 22.1. The first-order chi connectivity index (χ1) is 11.1. The van der Waals surface area contributed by atoms with Gasteiger partial charge in [0.05, 0.1) is 6.26 Å². The van der Waals surface area contributed by atoms with E-state index in [-0.39, 0.29) is 6.04 Å². The Hall–Kier alpha value is -2.29. The van der Waals surface area contributed by atoms with Gasteiger partial charge in [0.1, 0.15) is 23.7 Å². The number of furan rings is 1. The van der Waals surface area contributed by atoms with Crippen LogP contribution in [0, 0.1) is 11.3 Å². The van der Waals surface area contributed by atoms with E-state index in [2.05, 4.69) is 5.32 Å². The van der Waals surface area contributed by atoms with Gasteiger partial charge >= 0.3 is 0 Å². The smallest absolute Gasteiger partial charge is 0.181 e. The summed E-state index contributed by atoms with van der Waals surface area (Å²) in [7, 11) is 0. The predicted octanol–water partition coefficient (Wildman–Crippen LogP) is 3.17. The maximum atomic E-state index is 10.0. The van der Waals surface area contributed by atoms with Gasteiger partial charge in [-0.15, -0.1) is 0 Å². The van der Waals surface area contributed by atoms with Crippen molar-refractivity contribution in [2.24, 2.45) is 0 Å². The number of nitrogens with zero attached hydrogens (tertiary/aromatic N) is 1. The van der Waals surface area contributed by atoms with Gasteiger partial charge in [-0.05, 0) is 50.1 Å². The van der Waals surface area contributed by atoms with E-state index in [1.807, 2.05) is 37.3 Å². The number of hydrogen-bond donors (Lipinski definition) is 2. The molecule has 1 aromatic heterocycles. The fourth-order valence-corrected chi connectivity index (χ4v) is 2.22. The fourth-order valence-electron chi connectivity index (χ4n) is 2.22. The molecular formula is C18H22N2O3. The highest BCUT2D eigenvalue weighted by Gasteiger charge is 2.14. The van der Waals surface area contributed by atoms with Crippen LogP contribution < -0.4 is 10.1 Å². The zero-order chi connectivity index (χ0) is 16.7. The standard InChI is InChI=1S/C18H22N2O3/c1-13(10-17(21)18-4-3-9-22-18)20-12-15-5-7-16(8-6-15)23-14(2)11-19/h3-9,13-14,17,20-21H,10,12H2,1-2H3. The van der Waals surface area contributed by atoms with Gasteiger partial charge in [0.15, 0.2) is 6.10 Å². The molecule has 2 N–H and O–H groups in total. The van der Waals surface area contributed by atoms with E-state index in [0.717, 1.165) is 5.56 Å². The SMILES string of the molecule is CC(CC(O)c1ccco1)NCc1ccc(OC(C)C#N)cc1. The minimum atomic E-state index is -0.601. The Kier molecular flexibility index (Phi) is 6.21. The van der Waals surface area contributed by atoms with Crippen molar-refractivity contribution < 1.29 is 14.3 Å². The summed E-state index contributed by atoms with van der Waals surface area (Å²) in [5.41, 5.74) is 1.11. The fraction of sp³-hybridized carbons (Fsp3) is 0.389. The van der Waals surface area contributed by atoms with Crippen molar-refractivity contribution in [2.75, 3.05) is 0 Å². The lowest BCUT2D eigenvalue weighted by Gasteiger charge is -2.17. The van der Waals surface area contributed by atoms with Crippen molar-refractivity contribution in [3.05, 3.63) is 54.0 Å². The number of aliphatic hydroxyl groups is 1. The minimum Gasteiger partial charge on any atom is -0.476 e. The summed E-state index contributed by atoms with van der Waals surface area (Å²) < 4.78 is 10.6. The Morgan fingerprint density at radius 1 is 1.26 bits per heavy atom. The molecular weight excluding hydrogens is 292 g/mol. The number of hydrogen-bond acceptors (Lipinski definition) is 5. The van der Waals surface area contributed by atoms with Crippen molar-refractivity contribution in [1.82, 2.24) is 5.32 Å². The van der Waals surface area contributed by atoms with Crippen LogP contribution in [0.3, 0.4) is 0 Å². The van der Waals surface area contributed by atoms with Crippen molar-refractivity contribution in [3.63, 3.8) is 0 Å². The summed E-state index contributed by atoms with van der Waals surface area (Å²) in [6.07, 6.45) is 1.08. The first-order valence-electron chi connectivity index (χ1n) is 7.68. The highest BCUT2D eigenvalue weighted by molar-refractivity contribution is 5.27. The second-order valence-corrected chi connectivity index (χ2v) is 5.58. The van der Waals surface area contributed by atoms with Crippen LogP contribution in [0.25, 0.3) is 0 Å². The molecule has 3 unspecified atom stereocenters. The zero-order valence-electron chi connectivity index (χ0n) is 13.4. The van der Waals surface area contributed by atoms with Gasteiger partial charge in [0, 0.05) is 12.6 Å². The Bertz CT molecular complexity index is 617. The molecule has 0 saturated carbocycles. The van der Waals surface area contributed by atoms with E-state index in [1.54, 1.807) is 25.3 Å². The third-order valence-electron chi connectivity index (χ3n) is 3.52. The van der Waals surface area contributed by atoms with Gasteiger partial charge in [0.25, 0.3) is 0 Å². The number of ether oxygens (including phenoxy) is 1. The van der Waals surface area contributed by atoms with E-state index in [1.165, 1.54) is 0 Å². The number of nitrogens with one attached hydrogen (secondary N) is 1. The van der Waals surface area contributed by atoms with Crippen LogP contribution >= 0.6 is 0 Å². The van der Waals surface area contributed by atoms with E-state index in [9.17, 15) is 5.11 Å². The molecule has 0 radical (unpaired) electrons. The van der Waals surface area contributed by atoms with Crippen molar-refractivity contribution in [1.29, 1.82) is 5.26 Å². The summed E-state index contributed by atoms with van der Waals surface area (Å²) in [6.45, 7) is 4.43. The van der Waals surface area contributed by atoms with Crippen LogP contribution in [0.15, 0.2) is 47.1 Å². The molecule has 2 aromatic rings. The van der Waals surface area contributed by atoms with Gasteiger partial charge in [-0.3, -0.25) is 0 Å². The zero-order valence-corrected chi connectivity index (χ0v) is 13.4. The molecule has 0 fully saturated rings. The first-order valence-corrected chi connectivity index (χ1v) is 7.68. The summed E-state index contributed by atoms with van der Waals surface area (Å²) >= 11 is 0. The lowest BCUT2D eigenvalue weighted by molar-refractivity contribution is 0.128. The molecule has 0 spiro atoms. The van der Waals surface area contributed by atoms with Crippen molar-refractivity contribution >= 4 is 0 Å². The molecule has 5 heteroatoms. The van der Waals surface area contributed by atoms with Gasteiger partial charge in [-0.1, -0.05) is 12.1 Å². The Balaban J connectivity index is 1.78. The minimum absolute atomic E-state index is 0.143. The molecule has 122 valence electrons. The van der Waals surface area contributed by atoms with Gasteiger partial charge in [0.2, 0.25) is 0 Å². The van der Waals surface area contributed by atoms with Crippen LogP contribution in [0.4, 0.5) is 0 Å². The lowest BCUT2D eigenvalue weighted by atomic mass is 10.1. The molecule has 0 aliphatic carbocycles. The largest absolute Gasteiger partial charge is 0.476 e. The highest BCUT2D eigenvalue weighted by Crippen LogP contribution is 2.19. The molecule has 3 atom stereocenters. The third-order valence-corrected chi connectivity index (χ3v) is 3.52. The van der Waals surface area contributed by atoms with Gasteiger partial charge < -0.3 is 19.6 Å². The van der Waals surface area contributed by atoms with E-state index < -0.39 is 12.2 Å². The molecule has 0 aliphatic rings. The summed E-state index contributed by atoms with van der Waals surface area (Å²) in [6, 6.07) is 13.4. The molecule has 1 aromatic carbocycles. The van der Waals surface area contributed by atoms with Crippen LogP contribution in [0.1, 0.15) is 37.7 Å². The Morgan fingerprint density at radius 3 is 2.61 bits per heavy atom. The van der Waals surface area contributed by atoms with Crippen molar-refractivity contribution in [2.45, 2.75) is 45.1 Å². The quantitative estimate of drug-likeness (QED) is 0.782. The van der Waals surface area contributed by atoms with Crippen LogP contribution in [-0.2, 0) is 6.54 Å². The number of rotatable bonds is 8. The van der Waals surface area contributed by atoms with E-state index >= 15 is 0 Å². The average molecular weight is 314 g/mol. The van der Waals surface area contributed by atoms with Crippen LogP contribution in [0.5, 0.6) is 5.75 Å². The second-order valence-electron chi connectivity index (χ2n) is 5.58. The molecule has 0 bridgehead atoms. The molecule has 5 nitrogen and oxygen atoms in total. The van der Waals surface area contributed by atoms with Crippen molar-refractivity contribution in [3.8, 4) is 11.8 Å². The van der Waals surface area contributed by atoms with E-state index in [0.29, 0.717) is 24.5 Å². The number of nitriles is 1. The van der Waals surface area contributed by atoms with Gasteiger partial charge in [-0.2, -0.15) is 5.26 Å². The highest BCUT2D eigenvalue weighted by atomic mass is 16.5. The molecule has 2 rings (SSSR count). The summed E-state index contributed by atoms with van der Waals surface area (Å²) in [4.78, 5) is 0. The molecule has 0 saturated heterocycles. The Morgan fingerprint density at radius 2 is 2.00 bits per heavy atom. The average Bonchev–Trinajstić information content (AvgIpc) is 3.08. The Labute approximate surface area is 136 Å². The molecule has 0 amide bonds. The van der Waals surface area contributed by atoms with Crippen LogP contribution in [0.2, 0.25) is 0 Å². The maximum absolute atomic E-state index is 10.0.